The zero-order chi connectivity index (χ0) is 8.43. The molecule has 0 bridgehead atoms. The highest BCUT2D eigenvalue weighted by Gasteiger charge is 2.30. The molecule has 11 heavy (non-hydrogen) atoms. The number of carboxylic acids is 1. The molecule has 0 fully saturated rings. The van der Waals surface area contributed by atoms with Crippen LogP contribution in [0.4, 0.5) is 0 Å². The SMILES string of the molecule is N[C@H](C(=O)O)C1CC=C[C@@H]1O. The number of carboxylic acid groups (broad SMARTS) is 1. The second-order valence-electron chi connectivity index (χ2n) is 2.68. The number of carbonyl (C=O) groups is 1. The molecular weight excluding hydrogens is 146 g/mol. The second kappa shape index (κ2) is 3.02. The van der Waals surface area contributed by atoms with Crippen molar-refractivity contribution in [1.82, 2.24) is 0 Å². The van der Waals surface area contributed by atoms with Gasteiger partial charge in [-0.3, -0.25) is 4.79 Å². The topological polar surface area (TPSA) is 83.6 Å². The molecule has 1 aliphatic carbocycles. The molecule has 0 heterocycles. The van der Waals surface area contributed by atoms with Gasteiger partial charge in [0, 0.05) is 5.92 Å². The van der Waals surface area contributed by atoms with Crippen LogP contribution in [-0.4, -0.2) is 28.3 Å². The zero-order valence-corrected chi connectivity index (χ0v) is 5.97. The standard InChI is InChI=1S/C7H11NO3/c8-6(7(10)11)4-2-1-3-5(4)9/h1,3-6,9H,2,8H2,(H,10,11)/t4?,5-,6-/m0/s1. The van der Waals surface area contributed by atoms with Gasteiger partial charge in [-0.1, -0.05) is 12.2 Å². The van der Waals surface area contributed by atoms with Crippen molar-refractivity contribution in [3.05, 3.63) is 12.2 Å². The Labute approximate surface area is 64.3 Å². The molecule has 0 aromatic heterocycles. The molecular formula is C7H11NO3. The number of hydrogen-bond acceptors (Lipinski definition) is 3. The van der Waals surface area contributed by atoms with E-state index in [9.17, 15) is 9.90 Å². The Kier molecular flexibility index (Phi) is 2.26. The van der Waals surface area contributed by atoms with Gasteiger partial charge < -0.3 is 15.9 Å². The second-order valence-corrected chi connectivity index (χ2v) is 2.68. The molecule has 1 aliphatic rings. The number of nitrogens with two attached hydrogens (primary N) is 1. The van der Waals surface area contributed by atoms with Crippen LogP contribution < -0.4 is 5.73 Å². The van der Waals surface area contributed by atoms with E-state index in [1.165, 1.54) is 0 Å². The van der Waals surface area contributed by atoms with Crippen LogP contribution in [0, 0.1) is 5.92 Å². The lowest BCUT2D eigenvalue weighted by Gasteiger charge is -2.17. The van der Waals surface area contributed by atoms with E-state index in [-0.39, 0.29) is 5.92 Å². The van der Waals surface area contributed by atoms with Gasteiger partial charge in [0.2, 0.25) is 0 Å². The summed E-state index contributed by atoms with van der Waals surface area (Å²) < 4.78 is 0. The van der Waals surface area contributed by atoms with Crippen LogP contribution in [0.1, 0.15) is 6.42 Å². The van der Waals surface area contributed by atoms with Crippen molar-refractivity contribution >= 4 is 5.97 Å². The first-order chi connectivity index (χ1) is 5.13. The smallest absolute Gasteiger partial charge is 0.320 e. The largest absolute Gasteiger partial charge is 0.480 e. The Bertz CT molecular complexity index is 190. The monoisotopic (exact) mass is 157 g/mol. The van der Waals surface area contributed by atoms with Crippen molar-refractivity contribution in [2.45, 2.75) is 18.6 Å². The van der Waals surface area contributed by atoms with Crippen LogP contribution in [0.15, 0.2) is 12.2 Å². The highest BCUT2D eigenvalue weighted by Crippen LogP contribution is 2.21. The molecule has 0 saturated heterocycles. The molecule has 0 aromatic rings. The molecule has 0 amide bonds. The van der Waals surface area contributed by atoms with Crippen molar-refractivity contribution in [1.29, 1.82) is 0 Å². The average molecular weight is 157 g/mol. The molecule has 0 spiro atoms. The van der Waals surface area contributed by atoms with Crippen LogP contribution in [-0.2, 0) is 4.79 Å². The number of allylic oxidation sites excluding steroid dienone is 1. The van der Waals surface area contributed by atoms with Gasteiger partial charge in [-0.15, -0.1) is 0 Å². The Balaban J connectivity index is 2.55. The molecule has 1 unspecified atom stereocenters. The van der Waals surface area contributed by atoms with Crippen molar-refractivity contribution in [2.24, 2.45) is 11.7 Å². The summed E-state index contributed by atoms with van der Waals surface area (Å²) in [6.07, 6.45) is 3.18. The van der Waals surface area contributed by atoms with E-state index in [0.717, 1.165) is 0 Å². The summed E-state index contributed by atoms with van der Waals surface area (Å²) in [5, 5.41) is 17.7. The Morgan fingerprint density at radius 3 is 2.73 bits per heavy atom. The fraction of sp³-hybridized carbons (Fsp3) is 0.571. The summed E-state index contributed by atoms with van der Waals surface area (Å²) in [4.78, 5) is 10.4. The van der Waals surface area contributed by atoms with Crippen molar-refractivity contribution in [2.75, 3.05) is 0 Å². The third-order valence-electron chi connectivity index (χ3n) is 1.93. The summed E-state index contributed by atoms with van der Waals surface area (Å²) in [5.41, 5.74) is 5.31. The Hall–Kier alpha value is -0.870. The molecule has 4 heteroatoms. The number of rotatable bonds is 2. The van der Waals surface area contributed by atoms with Gasteiger partial charge in [0.05, 0.1) is 6.10 Å². The predicted octanol–water partition coefficient (Wildman–Crippen LogP) is -0.665. The van der Waals surface area contributed by atoms with E-state index in [1.54, 1.807) is 12.2 Å². The van der Waals surface area contributed by atoms with E-state index in [4.69, 9.17) is 10.8 Å². The van der Waals surface area contributed by atoms with Crippen LogP contribution in [0.3, 0.4) is 0 Å². The third kappa shape index (κ3) is 1.58. The summed E-state index contributed by atoms with van der Waals surface area (Å²) in [7, 11) is 0. The molecule has 4 N–H and O–H groups in total. The van der Waals surface area contributed by atoms with E-state index >= 15 is 0 Å². The first-order valence-corrected chi connectivity index (χ1v) is 3.46. The highest BCUT2D eigenvalue weighted by molar-refractivity contribution is 5.73. The Morgan fingerprint density at radius 2 is 2.36 bits per heavy atom. The third-order valence-corrected chi connectivity index (χ3v) is 1.93. The average Bonchev–Trinajstić information content (AvgIpc) is 2.33. The number of aliphatic hydroxyl groups excluding tert-OH is 1. The van der Waals surface area contributed by atoms with Crippen molar-refractivity contribution in [3.63, 3.8) is 0 Å². The van der Waals surface area contributed by atoms with Gasteiger partial charge in [0.1, 0.15) is 6.04 Å². The lowest BCUT2D eigenvalue weighted by molar-refractivity contribution is -0.140. The van der Waals surface area contributed by atoms with E-state index in [1.807, 2.05) is 0 Å². The summed E-state index contributed by atoms with van der Waals surface area (Å²) in [6.45, 7) is 0. The van der Waals surface area contributed by atoms with E-state index < -0.39 is 18.1 Å². The highest BCUT2D eigenvalue weighted by atomic mass is 16.4. The number of aliphatic carboxylic acids is 1. The maximum atomic E-state index is 10.4. The zero-order valence-electron chi connectivity index (χ0n) is 5.97. The van der Waals surface area contributed by atoms with Crippen LogP contribution in [0.5, 0.6) is 0 Å². The molecule has 4 nitrogen and oxygen atoms in total. The summed E-state index contributed by atoms with van der Waals surface area (Å²) >= 11 is 0. The first-order valence-electron chi connectivity index (χ1n) is 3.46. The van der Waals surface area contributed by atoms with Crippen molar-refractivity contribution in [3.8, 4) is 0 Å². The molecule has 1 rings (SSSR count). The van der Waals surface area contributed by atoms with Gasteiger partial charge in [-0.05, 0) is 6.42 Å². The molecule has 0 aliphatic heterocycles. The molecule has 3 atom stereocenters. The van der Waals surface area contributed by atoms with Gasteiger partial charge in [0.25, 0.3) is 0 Å². The number of hydrogen-bond donors (Lipinski definition) is 3. The summed E-state index contributed by atoms with van der Waals surface area (Å²) in [6, 6.07) is -0.958. The lowest BCUT2D eigenvalue weighted by atomic mass is 9.96. The van der Waals surface area contributed by atoms with Gasteiger partial charge >= 0.3 is 5.97 Å². The van der Waals surface area contributed by atoms with E-state index in [0.29, 0.717) is 6.42 Å². The van der Waals surface area contributed by atoms with E-state index in [2.05, 4.69) is 0 Å². The minimum atomic E-state index is -1.06. The minimum Gasteiger partial charge on any atom is -0.480 e. The van der Waals surface area contributed by atoms with Crippen molar-refractivity contribution < 1.29 is 15.0 Å². The fourth-order valence-electron chi connectivity index (χ4n) is 1.20. The van der Waals surface area contributed by atoms with Gasteiger partial charge in [-0.25, -0.2) is 0 Å². The van der Waals surface area contributed by atoms with Gasteiger partial charge in [0.15, 0.2) is 0 Å². The predicted molar refractivity (Wildman–Crippen MR) is 38.9 cm³/mol. The maximum Gasteiger partial charge on any atom is 0.320 e. The molecule has 62 valence electrons. The lowest BCUT2D eigenvalue weighted by Crippen LogP contribution is -2.41. The quantitative estimate of drug-likeness (QED) is 0.464. The normalized spacial score (nSPS) is 32.2. The first kappa shape index (κ1) is 8.23. The molecule has 0 radical (unpaired) electrons. The van der Waals surface area contributed by atoms with Crippen LogP contribution in [0.25, 0.3) is 0 Å². The molecule has 0 saturated carbocycles. The summed E-state index contributed by atoms with van der Waals surface area (Å²) in [5.74, 6) is -1.41. The van der Waals surface area contributed by atoms with Crippen LogP contribution >= 0.6 is 0 Å². The van der Waals surface area contributed by atoms with Crippen LogP contribution in [0.2, 0.25) is 0 Å². The maximum absolute atomic E-state index is 10.4. The Morgan fingerprint density at radius 1 is 1.73 bits per heavy atom. The van der Waals surface area contributed by atoms with Gasteiger partial charge in [-0.2, -0.15) is 0 Å². The molecule has 0 aromatic carbocycles. The minimum absolute atomic E-state index is 0.354. The fourth-order valence-corrected chi connectivity index (χ4v) is 1.20. The number of aliphatic hydroxyl groups is 1.